The van der Waals surface area contributed by atoms with Crippen LogP contribution in [0.3, 0.4) is 0 Å². The zero-order valence-corrected chi connectivity index (χ0v) is 12.7. The summed E-state index contributed by atoms with van der Waals surface area (Å²) in [6.07, 6.45) is 4.12. The molecular weight excluding hydrogens is 246 g/mol. The molecule has 1 rings (SSSR count). The van der Waals surface area contributed by atoms with Crippen LogP contribution in [0.1, 0.15) is 52.3 Å². The highest BCUT2D eigenvalue weighted by atomic mass is 32.2. The Labute approximate surface area is 112 Å². The van der Waals surface area contributed by atoms with Crippen LogP contribution in [0.2, 0.25) is 0 Å². The number of rotatable bonds is 7. The smallest absolute Gasteiger partial charge is 0.0749 e. The van der Waals surface area contributed by atoms with E-state index in [0.717, 1.165) is 18.5 Å². The average molecular weight is 271 g/mol. The van der Waals surface area contributed by atoms with Gasteiger partial charge in [-0.1, -0.05) is 13.8 Å². The maximum atomic E-state index is 11.9. The van der Waals surface area contributed by atoms with E-state index in [1.54, 1.807) is 0 Å². The van der Waals surface area contributed by atoms with Gasteiger partial charge in [-0.2, -0.15) is 5.10 Å². The highest BCUT2D eigenvalue weighted by Gasteiger charge is 2.16. The molecule has 0 saturated heterocycles. The molecule has 0 fully saturated rings. The molecule has 4 nitrogen and oxygen atoms in total. The normalized spacial score (nSPS) is 14.1. The lowest BCUT2D eigenvalue weighted by molar-refractivity contribution is 0.426. The molecule has 0 aliphatic carbocycles. The van der Waals surface area contributed by atoms with Crippen LogP contribution in [0.4, 0.5) is 0 Å². The monoisotopic (exact) mass is 271 g/mol. The van der Waals surface area contributed by atoms with E-state index in [1.165, 1.54) is 0 Å². The summed E-state index contributed by atoms with van der Waals surface area (Å²) >= 11 is 0. The molecule has 1 aromatic heterocycles. The maximum absolute atomic E-state index is 11.9. The van der Waals surface area contributed by atoms with E-state index in [2.05, 4.69) is 18.9 Å². The van der Waals surface area contributed by atoms with Gasteiger partial charge in [-0.15, -0.1) is 0 Å². The third-order valence-electron chi connectivity index (χ3n) is 2.82. The molecular formula is C13H25N3OS. The second-order valence-electron chi connectivity index (χ2n) is 5.47. The minimum Gasteiger partial charge on any atom is -0.325 e. The quantitative estimate of drug-likeness (QED) is 0.827. The van der Waals surface area contributed by atoms with Crippen LogP contribution in [-0.2, 0) is 16.6 Å². The van der Waals surface area contributed by atoms with Crippen LogP contribution in [0.25, 0.3) is 0 Å². The zero-order valence-electron chi connectivity index (χ0n) is 11.8. The molecule has 104 valence electrons. The molecule has 1 heterocycles. The first-order valence-corrected chi connectivity index (χ1v) is 8.02. The molecule has 0 amide bonds. The van der Waals surface area contributed by atoms with Gasteiger partial charge in [0.25, 0.3) is 0 Å². The summed E-state index contributed by atoms with van der Waals surface area (Å²) in [6.45, 7) is 8.11. The molecule has 1 unspecified atom stereocenters. The third-order valence-corrected chi connectivity index (χ3v) is 4.51. The number of aromatic nitrogens is 2. The standard InChI is InChI=1S/C13H25N3OS/c1-5-12(6-2)16-8-7-11(15-16)9-18(17)10-13(3,4)14/h7-8,12H,5-6,9-10,14H2,1-4H3. The number of nitrogens with two attached hydrogens (primary N) is 1. The molecule has 0 radical (unpaired) electrons. The van der Waals surface area contributed by atoms with Gasteiger partial charge in [0.15, 0.2) is 0 Å². The molecule has 0 bridgehead atoms. The highest BCUT2D eigenvalue weighted by molar-refractivity contribution is 7.84. The summed E-state index contributed by atoms with van der Waals surface area (Å²) in [5.41, 5.74) is 6.37. The van der Waals surface area contributed by atoms with Crippen molar-refractivity contribution < 1.29 is 4.21 Å². The van der Waals surface area contributed by atoms with Crippen molar-refractivity contribution in [1.29, 1.82) is 0 Å². The Morgan fingerprint density at radius 3 is 2.56 bits per heavy atom. The van der Waals surface area contributed by atoms with Crippen molar-refractivity contribution in [3.63, 3.8) is 0 Å². The first-order chi connectivity index (χ1) is 8.35. The van der Waals surface area contributed by atoms with Gasteiger partial charge < -0.3 is 5.73 Å². The van der Waals surface area contributed by atoms with Crippen LogP contribution in [-0.4, -0.2) is 25.3 Å². The van der Waals surface area contributed by atoms with E-state index in [9.17, 15) is 4.21 Å². The topological polar surface area (TPSA) is 60.9 Å². The molecule has 1 aromatic rings. The predicted molar refractivity (Wildman–Crippen MR) is 76.8 cm³/mol. The molecule has 1 atom stereocenters. The Hall–Kier alpha value is -0.680. The van der Waals surface area contributed by atoms with Crippen molar-refractivity contribution in [3.8, 4) is 0 Å². The lowest BCUT2D eigenvalue weighted by Gasteiger charge is -2.17. The first-order valence-electron chi connectivity index (χ1n) is 6.53. The summed E-state index contributed by atoms with van der Waals surface area (Å²) in [5, 5.41) is 4.51. The van der Waals surface area contributed by atoms with Crippen molar-refractivity contribution in [3.05, 3.63) is 18.0 Å². The molecule has 2 N–H and O–H groups in total. The average Bonchev–Trinajstić information content (AvgIpc) is 2.65. The summed E-state index contributed by atoms with van der Waals surface area (Å²) in [7, 11) is -0.945. The largest absolute Gasteiger partial charge is 0.325 e. The fraction of sp³-hybridized carbons (Fsp3) is 0.769. The molecule has 5 heteroatoms. The fourth-order valence-corrected chi connectivity index (χ4v) is 3.37. The number of hydrogen-bond acceptors (Lipinski definition) is 3. The Morgan fingerprint density at radius 2 is 2.06 bits per heavy atom. The molecule has 18 heavy (non-hydrogen) atoms. The summed E-state index contributed by atoms with van der Waals surface area (Å²) in [4.78, 5) is 0. The molecule has 0 saturated carbocycles. The minimum absolute atomic E-state index is 0.386. The number of nitrogens with zero attached hydrogens (tertiary/aromatic N) is 2. The van der Waals surface area contributed by atoms with Crippen LogP contribution >= 0.6 is 0 Å². The van der Waals surface area contributed by atoms with Crippen molar-refractivity contribution in [1.82, 2.24) is 9.78 Å². The van der Waals surface area contributed by atoms with Crippen LogP contribution in [0, 0.1) is 0 Å². The van der Waals surface area contributed by atoms with E-state index < -0.39 is 10.8 Å². The third kappa shape index (κ3) is 4.90. The molecule has 0 aliphatic rings. The highest BCUT2D eigenvalue weighted by Crippen LogP contribution is 2.15. The van der Waals surface area contributed by atoms with Gasteiger partial charge in [0.2, 0.25) is 0 Å². The predicted octanol–water partition coefficient (Wildman–Crippen LogP) is 2.23. The van der Waals surface area contributed by atoms with Crippen molar-refractivity contribution in [2.75, 3.05) is 5.75 Å². The van der Waals surface area contributed by atoms with Gasteiger partial charge in [-0.25, -0.2) is 0 Å². The Bertz CT molecular complexity index is 391. The summed E-state index contributed by atoms with van der Waals surface area (Å²) in [6, 6.07) is 2.40. The second-order valence-corrected chi connectivity index (χ2v) is 6.93. The van der Waals surface area contributed by atoms with E-state index in [-0.39, 0.29) is 5.54 Å². The Morgan fingerprint density at radius 1 is 1.44 bits per heavy atom. The van der Waals surface area contributed by atoms with Crippen molar-refractivity contribution in [2.24, 2.45) is 5.73 Å². The second kappa shape index (κ2) is 6.48. The first kappa shape index (κ1) is 15.4. The van der Waals surface area contributed by atoms with Gasteiger partial charge in [-0.3, -0.25) is 8.89 Å². The van der Waals surface area contributed by atoms with Gasteiger partial charge in [0.05, 0.1) is 17.5 Å². The van der Waals surface area contributed by atoms with Gasteiger partial charge in [0, 0.05) is 28.3 Å². The molecule has 0 spiro atoms. The van der Waals surface area contributed by atoms with Crippen LogP contribution < -0.4 is 5.73 Å². The number of hydrogen-bond donors (Lipinski definition) is 1. The lowest BCUT2D eigenvalue weighted by atomic mass is 10.1. The fourth-order valence-electron chi connectivity index (χ4n) is 1.95. The molecule has 0 aromatic carbocycles. The van der Waals surface area contributed by atoms with Crippen molar-refractivity contribution in [2.45, 2.75) is 57.9 Å². The van der Waals surface area contributed by atoms with Crippen molar-refractivity contribution >= 4 is 10.8 Å². The maximum Gasteiger partial charge on any atom is 0.0749 e. The van der Waals surface area contributed by atoms with Gasteiger partial charge in [-0.05, 0) is 32.8 Å². The Kier molecular flexibility index (Phi) is 5.53. The molecule has 0 aliphatic heterocycles. The van der Waals surface area contributed by atoms with E-state index in [0.29, 0.717) is 17.5 Å². The van der Waals surface area contributed by atoms with E-state index >= 15 is 0 Å². The van der Waals surface area contributed by atoms with Crippen LogP contribution in [0.15, 0.2) is 12.3 Å². The lowest BCUT2D eigenvalue weighted by Crippen LogP contribution is -2.38. The van der Waals surface area contributed by atoms with Crippen LogP contribution in [0.5, 0.6) is 0 Å². The minimum atomic E-state index is -0.945. The van der Waals surface area contributed by atoms with Gasteiger partial charge in [0.1, 0.15) is 0 Å². The Balaban J connectivity index is 2.61. The summed E-state index contributed by atoms with van der Waals surface area (Å²) in [5.74, 6) is 0.999. The SMILES string of the molecule is CCC(CC)n1ccc(CS(=O)CC(C)(C)N)n1. The van der Waals surface area contributed by atoms with Gasteiger partial charge >= 0.3 is 0 Å². The van der Waals surface area contributed by atoms with E-state index in [4.69, 9.17) is 5.73 Å². The van der Waals surface area contributed by atoms with E-state index in [1.807, 2.05) is 30.8 Å². The summed E-state index contributed by atoms with van der Waals surface area (Å²) < 4.78 is 13.9. The zero-order chi connectivity index (χ0) is 13.8.